The van der Waals surface area contributed by atoms with Crippen LogP contribution in [0.15, 0.2) is 72.8 Å². The van der Waals surface area contributed by atoms with Gasteiger partial charge in [0.15, 0.2) is 0 Å². The molecule has 0 aliphatic heterocycles. The van der Waals surface area contributed by atoms with Crippen molar-refractivity contribution in [3.63, 3.8) is 0 Å². The normalized spacial score (nSPS) is 10.8. The van der Waals surface area contributed by atoms with Crippen LogP contribution in [-0.2, 0) is 0 Å². The minimum absolute atomic E-state index is 0.837. The Kier molecular flexibility index (Phi) is 4.34. The molecule has 23 heavy (non-hydrogen) atoms. The number of pyridine rings is 3. The van der Waals surface area contributed by atoms with Gasteiger partial charge < -0.3 is 0 Å². The molecule has 0 bridgehead atoms. The molecule has 3 aromatic rings. The number of aryl methyl sites for hydroxylation is 1. The van der Waals surface area contributed by atoms with Crippen molar-refractivity contribution in [2.75, 3.05) is 0 Å². The van der Waals surface area contributed by atoms with Gasteiger partial charge in [-0.15, -0.1) is 0 Å². The average molecular weight is 300 g/mol. The number of hydrogen-bond donors (Lipinski definition) is 0. The number of nitrogens with zero attached hydrogens (tertiary/aromatic N) is 4. The fourth-order valence-corrected chi connectivity index (χ4v) is 2.37. The molecule has 0 fully saturated rings. The highest BCUT2D eigenvalue weighted by molar-refractivity contribution is 5.85. The van der Waals surface area contributed by atoms with Crippen molar-refractivity contribution < 1.29 is 0 Å². The van der Waals surface area contributed by atoms with Crippen molar-refractivity contribution in [3.8, 4) is 22.4 Å². The molecule has 0 unspecified atom stereocenters. The van der Waals surface area contributed by atoms with E-state index in [2.05, 4.69) is 26.5 Å². The SMILES string of the molecule is C=CC=Nc1c(-c2ccncc2)cc(-c2cccnc2)nc1C. The molecule has 0 N–H and O–H groups in total. The van der Waals surface area contributed by atoms with Crippen molar-refractivity contribution in [2.24, 2.45) is 4.99 Å². The van der Waals surface area contributed by atoms with Crippen LogP contribution in [0.1, 0.15) is 5.69 Å². The maximum atomic E-state index is 4.68. The molecular weight excluding hydrogens is 284 g/mol. The summed E-state index contributed by atoms with van der Waals surface area (Å²) in [6.45, 7) is 5.64. The molecule has 112 valence electrons. The Hall–Kier alpha value is -3.14. The first kappa shape index (κ1) is 14.8. The Morgan fingerprint density at radius 1 is 1.04 bits per heavy atom. The summed E-state index contributed by atoms with van der Waals surface area (Å²) >= 11 is 0. The van der Waals surface area contributed by atoms with Gasteiger partial charge in [-0.25, -0.2) is 0 Å². The summed E-state index contributed by atoms with van der Waals surface area (Å²) in [4.78, 5) is 17.4. The van der Waals surface area contributed by atoms with Gasteiger partial charge >= 0.3 is 0 Å². The third-order valence-electron chi connectivity index (χ3n) is 3.42. The fraction of sp³-hybridized carbons (Fsp3) is 0.0526. The molecule has 3 aromatic heterocycles. The third-order valence-corrected chi connectivity index (χ3v) is 3.42. The lowest BCUT2D eigenvalue weighted by atomic mass is 10.0. The van der Waals surface area contributed by atoms with Gasteiger partial charge in [0, 0.05) is 42.1 Å². The second-order valence-electron chi connectivity index (χ2n) is 4.98. The number of aliphatic imine (C=N–C) groups is 1. The van der Waals surface area contributed by atoms with Crippen LogP contribution in [0.25, 0.3) is 22.4 Å². The number of hydrogen-bond acceptors (Lipinski definition) is 4. The molecule has 0 saturated heterocycles. The van der Waals surface area contributed by atoms with Crippen molar-refractivity contribution >= 4 is 11.9 Å². The molecular formula is C19H16N4. The van der Waals surface area contributed by atoms with E-state index in [0.29, 0.717) is 0 Å². The maximum Gasteiger partial charge on any atom is 0.0920 e. The molecule has 0 amide bonds. The molecule has 0 spiro atoms. The van der Waals surface area contributed by atoms with E-state index >= 15 is 0 Å². The predicted octanol–water partition coefficient (Wildman–Crippen LogP) is 4.40. The van der Waals surface area contributed by atoms with E-state index in [1.165, 1.54) is 0 Å². The third kappa shape index (κ3) is 3.21. The van der Waals surface area contributed by atoms with Crippen molar-refractivity contribution in [1.29, 1.82) is 0 Å². The summed E-state index contributed by atoms with van der Waals surface area (Å²) < 4.78 is 0. The van der Waals surface area contributed by atoms with E-state index in [-0.39, 0.29) is 0 Å². The minimum Gasteiger partial charge on any atom is -0.265 e. The van der Waals surface area contributed by atoms with Gasteiger partial charge in [-0.3, -0.25) is 19.9 Å². The van der Waals surface area contributed by atoms with E-state index in [0.717, 1.165) is 33.8 Å². The Morgan fingerprint density at radius 3 is 2.57 bits per heavy atom. The number of rotatable bonds is 4. The molecule has 4 heteroatoms. The van der Waals surface area contributed by atoms with E-state index in [1.807, 2.05) is 43.5 Å². The van der Waals surface area contributed by atoms with Gasteiger partial charge in [-0.1, -0.05) is 12.7 Å². The van der Waals surface area contributed by atoms with E-state index in [4.69, 9.17) is 0 Å². The molecule has 0 aromatic carbocycles. The lowest BCUT2D eigenvalue weighted by Crippen LogP contribution is -1.92. The second kappa shape index (κ2) is 6.75. The largest absolute Gasteiger partial charge is 0.265 e. The molecule has 3 rings (SSSR count). The summed E-state index contributed by atoms with van der Waals surface area (Å²) in [7, 11) is 0. The van der Waals surface area contributed by atoms with Crippen LogP contribution in [0.5, 0.6) is 0 Å². The smallest absolute Gasteiger partial charge is 0.0920 e. The highest BCUT2D eigenvalue weighted by Gasteiger charge is 2.12. The van der Waals surface area contributed by atoms with E-state index in [9.17, 15) is 0 Å². The molecule has 0 atom stereocenters. The van der Waals surface area contributed by atoms with Crippen LogP contribution < -0.4 is 0 Å². The van der Waals surface area contributed by atoms with E-state index < -0.39 is 0 Å². The quantitative estimate of drug-likeness (QED) is 0.671. The molecule has 4 nitrogen and oxygen atoms in total. The Labute approximate surface area is 135 Å². The Bertz CT molecular complexity index is 840. The second-order valence-corrected chi connectivity index (χ2v) is 4.98. The first-order valence-electron chi connectivity index (χ1n) is 7.27. The Morgan fingerprint density at radius 2 is 1.87 bits per heavy atom. The van der Waals surface area contributed by atoms with Crippen LogP contribution in [0.2, 0.25) is 0 Å². The highest BCUT2D eigenvalue weighted by atomic mass is 14.8. The molecule has 0 saturated carbocycles. The fourth-order valence-electron chi connectivity index (χ4n) is 2.37. The summed E-state index contributed by atoms with van der Waals surface area (Å²) in [6, 6.07) is 9.87. The lowest BCUT2D eigenvalue weighted by Gasteiger charge is -2.11. The summed E-state index contributed by atoms with van der Waals surface area (Å²) in [5.41, 5.74) is 5.61. The first-order chi connectivity index (χ1) is 11.3. The first-order valence-corrected chi connectivity index (χ1v) is 7.27. The minimum atomic E-state index is 0.837. The molecule has 0 aliphatic rings. The van der Waals surface area contributed by atoms with E-state index in [1.54, 1.807) is 30.9 Å². The van der Waals surface area contributed by atoms with Gasteiger partial charge in [0.25, 0.3) is 0 Å². The van der Waals surface area contributed by atoms with Crippen LogP contribution in [0, 0.1) is 6.92 Å². The van der Waals surface area contributed by atoms with Crippen molar-refractivity contribution in [3.05, 3.63) is 73.5 Å². The molecule has 0 aliphatic carbocycles. The van der Waals surface area contributed by atoms with Gasteiger partial charge in [0.1, 0.15) is 0 Å². The van der Waals surface area contributed by atoms with Gasteiger partial charge in [-0.2, -0.15) is 0 Å². The van der Waals surface area contributed by atoms with Crippen LogP contribution in [0.3, 0.4) is 0 Å². The molecule has 3 heterocycles. The summed E-state index contributed by atoms with van der Waals surface area (Å²) in [5.74, 6) is 0. The average Bonchev–Trinajstić information content (AvgIpc) is 2.61. The van der Waals surface area contributed by atoms with Crippen LogP contribution in [-0.4, -0.2) is 21.2 Å². The maximum absolute atomic E-state index is 4.68. The highest BCUT2D eigenvalue weighted by Crippen LogP contribution is 2.35. The van der Waals surface area contributed by atoms with Crippen molar-refractivity contribution in [2.45, 2.75) is 6.92 Å². The number of aromatic nitrogens is 3. The lowest BCUT2D eigenvalue weighted by molar-refractivity contribution is 1.18. The topological polar surface area (TPSA) is 51.0 Å². The standard InChI is InChI=1S/C19H16N4/c1-3-8-22-19-14(2)23-18(16-5-4-9-21-13-16)12-17(19)15-6-10-20-11-7-15/h3-13H,1H2,2H3. The summed E-state index contributed by atoms with van der Waals surface area (Å²) in [6.07, 6.45) is 10.4. The zero-order valence-electron chi connectivity index (χ0n) is 12.8. The predicted molar refractivity (Wildman–Crippen MR) is 93.8 cm³/mol. The molecule has 0 radical (unpaired) electrons. The number of allylic oxidation sites excluding steroid dienone is 1. The van der Waals surface area contributed by atoms with Crippen molar-refractivity contribution in [1.82, 2.24) is 15.0 Å². The zero-order chi connectivity index (χ0) is 16.1. The monoisotopic (exact) mass is 300 g/mol. The van der Waals surface area contributed by atoms with Gasteiger partial charge in [0.2, 0.25) is 0 Å². The zero-order valence-corrected chi connectivity index (χ0v) is 12.8. The Balaban J connectivity index is 2.23. The summed E-state index contributed by atoms with van der Waals surface area (Å²) in [5, 5.41) is 0. The van der Waals surface area contributed by atoms with Crippen LogP contribution >= 0.6 is 0 Å². The van der Waals surface area contributed by atoms with Gasteiger partial charge in [-0.05, 0) is 42.8 Å². The van der Waals surface area contributed by atoms with Crippen LogP contribution in [0.4, 0.5) is 5.69 Å². The van der Waals surface area contributed by atoms with Gasteiger partial charge in [0.05, 0.1) is 17.1 Å².